The predicted octanol–water partition coefficient (Wildman–Crippen LogP) is 4.75. The molecule has 9 nitrogen and oxygen atoms in total. The number of hydrogen-bond acceptors (Lipinski definition) is 7. The summed E-state index contributed by atoms with van der Waals surface area (Å²) in [6.45, 7) is 2.53. The number of ether oxygens (including phenoxy) is 4. The van der Waals surface area contributed by atoms with Crippen molar-refractivity contribution < 1.29 is 33.6 Å². The van der Waals surface area contributed by atoms with Gasteiger partial charge in [-0.05, 0) is 83.1 Å². The number of carboxylic acid groups (broad SMARTS) is 1. The minimum Gasteiger partial charge on any atom is -0.493 e. The van der Waals surface area contributed by atoms with E-state index in [1.54, 1.807) is 36.4 Å². The lowest BCUT2D eigenvalue weighted by molar-refractivity contribution is 0.0696. The largest absolute Gasteiger partial charge is 0.493 e. The van der Waals surface area contributed by atoms with Crippen molar-refractivity contribution in [2.45, 2.75) is 13.5 Å². The average molecular weight is 604 g/mol. The third kappa shape index (κ3) is 6.87. The number of amides is 1. The van der Waals surface area contributed by atoms with Crippen LogP contribution in [-0.2, 0) is 6.61 Å². The molecule has 0 aliphatic rings. The summed E-state index contributed by atoms with van der Waals surface area (Å²) in [4.78, 5) is 23.5. The molecule has 3 aromatic carbocycles. The molecule has 0 bridgehead atoms. The van der Waals surface area contributed by atoms with E-state index in [0.717, 1.165) is 9.13 Å². The first-order valence-corrected chi connectivity index (χ1v) is 11.9. The van der Waals surface area contributed by atoms with Crippen molar-refractivity contribution in [3.63, 3.8) is 0 Å². The molecule has 3 rings (SSSR count). The number of methoxy groups -OCH3 is 2. The van der Waals surface area contributed by atoms with Gasteiger partial charge < -0.3 is 24.1 Å². The summed E-state index contributed by atoms with van der Waals surface area (Å²) in [6, 6.07) is 14.9. The number of nitrogens with zero attached hydrogens (tertiary/aromatic N) is 1. The van der Waals surface area contributed by atoms with E-state index in [1.165, 1.54) is 32.6 Å². The van der Waals surface area contributed by atoms with E-state index in [0.29, 0.717) is 40.7 Å². The maximum atomic E-state index is 12.5. The lowest BCUT2D eigenvalue weighted by Crippen LogP contribution is -2.17. The summed E-state index contributed by atoms with van der Waals surface area (Å²) in [5.74, 6) is 0.677. The van der Waals surface area contributed by atoms with Gasteiger partial charge in [-0.15, -0.1) is 0 Å². The van der Waals surface area contributed by atoms with Crippen molar-refractivity contribution in [1.29, 1.82) is 0 Å². The van der Waals surface area contributed by atoms with Gasteiger partial charge in [0.15, 0.2) is 23.0 Å². The Morgan fingerprint density at radius 2 is 1.64 bits per heavy atom. The Balaban J connectivity index is 1.68. The van der Waals surface area contributed by atoms with Crippen LogP contribution < -0.4 is 24.4 Å². The molecule has 0 spiro atoms. The molecule has 0 saturated heterocycles. The van der Waals surface area contributed by atoms with Crippen LogP contribution in [0.4, 0.5) is 0 Å². The number of carbonyl (C=O) groups is 2. The maximum Gasteiger partial charge on any atom is 0.335 e. The van der Waals surface area contributed by atoms with Gasteiger partial charge in [0.2, 0.25) is 0 Å². The van der Waals surface area contributed by atoms with Crippen molar-refractivity contribution in [1.82, 2.24) is 5.43 Å². The van der Waals surface area contributed by atoms with Crippen LogP contribution in [0.5, 0.6) is 23.0 Å². The topological polar surface area (TPSA) is 116 Å². The lowest BCUT2D eigenvalue weighted by atomic mass is 10.1. The van der Waals surface area contributed by atoms with Crippen LogP contribution in [-0.4, -0.2) is 44.0 Å². The molecule has 36 heavy (non-hydrogen) atoms. The van der Waals surface area contributed by atoms with Gasteiger partial charge in [0.1, 0.15) is 6.61 Å². The summed E-state index contributed by atoms with van der Waals surface area (Å²) in [5.41, 5.74) is 4.60. The molecule has 1 amide bonds. The molecule has 0 aromatic heterocycles. The predicted molar refractivity (Wildman–Crippen MR) is 143 cm³/mol. The van der Waals surface area contributed by atoms with E-state index >= 15 is 0 Å². The molecular formula is C26H25IN2O7. The van der Waals surface area contributed by atoms with Gasteiger partial charge in [-0.1, -0.05) is 12.1 Å². The van der Waals surface area contributed by atoms with E-state index in [1.807, 2.05) is 13.0 Å². The third-order valence-corrected chi connectivity index (χ3v) is 5.74. The molecule has 188 valence electrons. The van der Waals surface area contributed by atoms with E-state index in [4.69, 9.17) is 24.1 Å². The molecule has 0 heterocycles. The summed E-state index contributed by atoms with van der Waals surface area (Å²) < 4.78 is 22.9. The quantitative estimate of drug-likeness (QED) is 0.185. The van der Waals surface area contributed by atoms with Gasteiger partial charge in [0.05, 0.1) is 36.2 Å². The second-order valence-electron chi connectivity index (χ2n) is 7.32. The van der Waals surface area contributed by atoms with Crippen molar-refractivity contribution >= 4 is 40.7 Å². The summed E-state index contributed by atoms with van der Waals surface area (Å²) in [6.07, 6.45) is 1.50. The Labute approximate surface area is 222 Å². The number of hydrazone groups is 1. The fraction of sp³-hybridized carbons (Fsp3) is 0.192. The Hall–Kier alpha value is -3.80. The molecule has 10 heteroatoms. The van der Waals surface area contributed by atoms with Crippen molar-refractivity contribution in [3.8, 4) is 23.0 Å². The number of nitrogens with one attached hydrogen (secondary N) is 1. The van der Waals surface area contributed by atoms with Crippen LogP contribution in [0, 0.1) is 3.57 Å². The minimum absolute atomic E-state index is 0.211. The highest BCUT2D eigenvalue weighted by Gasteiger charge is 2.13. The molecule has 0 aliphatic heterocycles. The van der Waals surface area contributed by atoms with Gasteiger partial charge in [0.25, 0.3) is 5.91 Å². The zero-order chi connectivity index (χ0) is 26.1. The van der Waals surface area contributed by atoms with E-state index < -0.39 is 11.9 Å². The number of aromatic carboxylic acids is 1. The molecular weight excluding hydrogens is 579 g/mol. The number of rotatable bonds is 11. The van der Waals surface area contributed by atoms with Crippen molar-refractivity contribution in [2.24, 2.45) is 5.10 Å². The van der Waals surface area contributed by atoms with Crippen LogP contribution in [0.2, 0.25) is 0 Å². The highest BCUT2D eigenvalue weighted by Crippen LogP contribution is 2.34. The number of carbonyl (C=O) groups excluding carboxylic acids is 1. The fourth-order valence-electron chi connectivity index (χ4n) is 3.17. The minimum atomic E-state index is -0.980. The van der Waals surface area contributed by atoms with Crippen LogP contribution in [0.1, 0.15) is 38.8 Å². The van der Waals surface area contributed by atoms with Gasteiger partial charge >= 0.3 is 5.97 Å². The number of carboxylic acids is 1. The number of halogens is 1. The maximum absolute atomic E-state index is 12.5. The number of benzene rings is 3. The SMILES string of the molecule is CCOc1cc(C(=O)N/N=C/c2cc(I)c(OCc3ccc(C(=O)O)cc3)c(OC)c2)ccc1OC. The molecule has 2 N–H and O–H groups in total. The third-order valence-electron chi connectivity index (χ3n) is 4.94. The molecule has 0 fully saturated rings. The Morgan fingerprint density at radius 1 is 0.944 bits per heavy atom. The second kappa shape index (κ2) is 12.8. The average Bonchev–Trinajstić information content (AvgIpc) is 2.88. The normalized spacial score (nSPS) is 10.7. The standard InChI is InChI=1S/C26H25IN2O7/c1-4-35-22-13-19(9-10-21(22)33-2)25(30)29-28-14-17-11-20(27)24(23(12-17)34-3)36-15-16-5-7-18(8-6-16)26(31)32/h5-14H,4,15H2,1-3H3,(H,29,30)(H,31,32)/b28-14+. The zero-order valence-corrected chi connectivity index (χ0v) is 22.1. The molecule has 0 unspecified atom stereocenters. The summed E-state index contributed by atoms with van der Waals surface area (Å²) >= 11 is 2.13. The summed E-state index contributed by atoms with van der Waals surface area (Å²) in [7, 11) is 3.06. The Morgan fingerprint density at radius 3 is 2.28 bits per heavy atom. The van der Waals surface area contributed by atoms with Gasteiger partial charge in [-0.2, -0.15) is 5.10 Å². The first-order valence-electron chi connectivity index (χ1n) is 10.8. The van der Waals surface area contributed by atoms with E-state index in [9.17, 15) is 9.59 Å². The second-order valence-corrected chi connectivity index (χ2v) is 8.48. The lowest BCUT2D eigenvalue weighted by Gasteiger charge is -2.14. The zero-order valence-electron chi connectivity index (χ0n) is 19.9. The molecule has 3 aromatic rings. The smallest absolute Gasteiger partial charge is 0.335 e. The van der Waals surface area contributed by atoms with Crippen LogP contribution in [0.3, 0.4) is 0 Å². The fourth-order valence-corrected chi connectivity index (χ4v) is 3.95. The summed E-state index contributed by atoms with van der Waals surface area (Å²) in [5, 5.41) is 13.1. The van der Waals surface area contributed by atoms with Crippen LogP contribution >= 0.6 is 22.6 Å². The molecule has 0 atom stereocenters. The first kappa shape index (κ1) is 26.8. The van der Waals surface area contributed by atoms with Crippen LogP contribution in [0.25, 0.3) is 0 Å². The monoisotopic (exact) mass is 604 g/mol. The van der Waals surface area contributed by atoms with Crippen molar-refractivity contribution in [2.75, 3.05) is 20.8 Å². The van der Waals surface area contributed by atoms with Gasteiger partial charge in [0, 0.05) is 5.56 Å². The molecule has 0 saturated carbocycles. The van der Waals surface area contributed by atoms with Gasteiger partial charge in [-0.3, -0.25) is 4.79 Å². The number of hydrogen-bond donors (Lipinski definition) is 2. The first-order chi connectivity index (χ1) is 17.4. The highest BCUT2D eigenvalue weighted by atomic mass is 127. The van der Waals surface area contributed by atoms with E-state index in [-0.39, 0.29) is 12.2 Å². The molecule has 0 radical (unpaired) electrons. The molecule has 0 aliphatic carbocycles. The van der Waals surface area contributed by atoms with Crippen LogP contribution in [0.15, 0.2) is 59.7 Å². The van der Waals surface area contributed by atoms with Gasteiger partial charge in [-0.25, -0.2) is 10.2 Å². The Bertz CT molecular complexity index is 1260. The van der Waals surface area contributed by atoms with Crippen molar-refractivity contribution in [3.05, 3.63) is 80.4 Å². The highest BCUT2D eigenvalue weighted by molar-refractivity contribution is 14.1. The Kier molecular flexibility index (Phi) is 9.51. The van der Waals surface area contributed by atoms with E-state index in [2.05, 4.69) is 33.1 Å².